The minimum absolute atomic E-state index is 0.0571. The number of ether oxygens (including phenoxy) is 1. The van der Waals surface area contributed by atoms with Gasteiger partial charge in [-0.2, -0.15) is 0 Å². The first-order valence-electron chi connectivity index (χ1n) is 17.1. The van der Waals surface area contributed by atoms with Crippen LogP contribution < -0.4 is 9.64 Å². The highest BCUT2D eigenvalue weighted by Crippen LogP contribution is 2.58. The average Bonchev–Trinajstić information content (AvgIpc) is 3.80. The molecule has 5 aliphatic rings. The summed E-state index contributed by atoms with van der Waals surface area (Å²) < 4.78 is 7.64. The Kier molecular flexibility index (Phi) is 7.99. The Morgan fingerprint density at radius 2 is 1.71 bits per heavy atom. The van der Waals surface area contributed by atoms with Crippen LogP contribution in [0.15, 0.2) is 55.0 Å². The van der Waals surface area contributed by atoms with Gasteiger partial charge in [0.1, 0.15) is 5.75 Å². The SMILES string of the molecule is COc1ccc(C23CCC(CN(C(=O)C4CCC(CC(=O)O)CC4)c4cccc(-n5cnc(C6CC6)c5)c4)(CC2)CC3)cc1C. The van der Waals surface area contributed by atoms with Gasteiger partial charge in [-0.1, -0.05) is 18.2 Å². The lowest BCUT2D eigenvalue weighted by Gasteiger charge is -2.55. The van der Waals surface area contributed by atoms with E-state index in [-0.39, 0.29) is 35.0 Å². The summed E-state index contributed by atoms with van der Waals surface area (Å²) in [6.07, 6.45) is 16.7. The maximum Gasteiger partial charge on any atom is 0.303 e. The molecule has 1 N–H and O–H groups in total. The molecule has 7 heteroatoms. The molecule has 2 bridgehead atoms. The summed E-state index contributed by atoms with van der Waals surface area (Å²) in [6.45, 7) is 2.89. The summed E-state index contributed by atoms with van der Waals surface area (Å²) >= 11 is 0. The van der Waals surface area contributed by atoms with E-state index < -0.39 is 5.97 Å². The number of carbonyl (C=O) groups excluding carboxylic acids is 1. The molecule has 7 nitrogen and oxygen atoms in total. The van der Waals surface area contributed by atoms with Crippen molar-refractivity contribution in [3.63, 3.8) is 0 Å². The third kappa shape index (κ3) is 6.03. The molecule has 1 aromatic heterocycles. The Balaban J connectivity index is 1.13. The number of amides is 1. The van der Waals surface area contributed by atoms with Crippen molar-refractivity contribution >= 4 is 17.6 Å². The third-order valence-electron chi connectivity index (χ3n) is 11.9. The fraction of sp³-hybridized carbons (Fsp3) is 0.553. The van der Waals surface area contributed by atoms with Crippen molar-refractivity contribution in [3.8, 4) is 11.4 Å². The number of carboxylic acid groups (broad SMARTS) is 1. The van der Waals surface area contributed by atoms with E-state index in [0.717, 1.165) is 93.6 Å². The van der Waals surface area contributed by atoms with Crippen molar-refractivity contribution < 1.29 is 19.4 Å². The molecular formula is C38H47N3O4. The lowest BCUT2D eigenvalue weighted by Crippen LogP contribution is -2.51. The van der Waals surface area contributed by atoms with Crippen LogP contribution in [0.25, 0.3) is 5.69 Å². The van der Waals surface area contributed by atoms with Gasteiger partial charge in [-0.05, 0) is 136 Å². The van der Waals surface area contributed by atoms with Gasteiger partial charge in [0, 0.05) is 42.4 Å². The molecule has 1 amide bonds. The quantitative estimate of drug-likeness (QED) is 0.252. The number of nitrogens with zero attached hydrogens (tertiary/aromatic N) is 3. The lowest BCUT2D eigenvalue weighted by atomic mass is 9.51. The summed E-state index contributed by atoms with van der Waals surface area (Å²) in [5.74, 6) is 1.14. The highest BCUT2D eigenvalue weighted by molar-refractivity contribution is 5.95. The average molecular weight is 610 g/mol. The number of carbonyl (C=O) groups is 2. The summed E-state index contributed by atoms with van der Waals surface area (Å²) in [6, 6.07) is 15.2. The molecule has 0 radical (unpaired) electrons. The topological polar surface area (TPSA) is 84.7 Å². The molecule has 1 heterocycles. The number of benzene rings is 2. The first kappa shape index (κ1) is 30.1. The van der Waals surface area contributed by atoms with Crippen molar-refractivity contribution in [2.24, 2.45) is 17.3 Å². The molecule has 0 spiro atoms. The number of aryl methyl sites for hydroxylation is 1. The molecule has 0 aliphatic heterocycles. The van der Waals surface area contributed by atoms with E-state index in [1.807, 2.05) is 6.33 Å². The van der Waals surface area contributed by atoms with E-state index in [4.69, 9.17) is 4.74 Å². The first-order chi connectivity index (χ1) is 21.8. The van der Waals surface area contributed by atoms with Crippen LogP contribution in [0.5, 0.6) is 5.75 Å². The standard InChI is InChI=1S/C38H47N3O4/c1-26-20-30(12-13-34(26)45-2)38-17-14-37(15-18-38,16-19-38)24-41(36(44)29-8-6-27(7-9-29)21-35(42)43)32-5-3-4-31(22-32)40-23-33(39-25-40)28-10-11-28/h3-5,12-13,20,22-23,25,27-29H,6-11,14-19,21,24H2,1-2H3,(H,42,43). The van der Waals surface area contributed by atoms with Crippen molar-refractivity contribution in [2.75, 3.05) is 18.6 Å². The number of hydrogen-bond donors (Lipinski definition) is 1. The molecule has 0 atom stereocenters. The van der Waals surface area contributed by atoms with Crippen molar-refractivity contribution in [1.29, 1.82) is 0 Å². The largest absolute Gasteiger partial charge is 0.496 e. The van der Waals surface area contributed by atoms with Gasteiger partial charge in [0.15, 0.2) is 0 Å². The number of rotatable bonds is 10. The molecule has 2 aromatic carbocycles. The Hall–Kier alpha value is -3.61. The van der Waals surface area contributed by atoms with Crippen LogP contribution in [-0.4, -0.2) is 40.2 Å². The number of carboxylic acids is 1. The van der Waals surface area contributed by atoms with Crippen LogP contribution in [0.4, 0.5) is 5.69 Å². The fourth-order valence-corrected chi connectivity index (χ4v) is 8.75. The third-order valence-corrected chi connectivity index (χ3v) is 11.9. The van der Waals surface area contributed by atoms with E-state index in [9.17, 15) is 14.7 Å². The van der Waals surface area contributed by atoms with Crippen molar-refractivity contribution in [1.82, 2.24) is 9.55 Å². The Morgan fingerprint density at radius 3 is 2.36 bits per heavy atom. The number of imidazole rings is 1. The second-order valence-corrected chi connectivity index (χ2v) is 14.7. The highest BCUT2D eigenvalue weighted by atomic mass is 16.5. The Labute approximate surface area is 267 Å². The smallest absolute Gasteiger partial charge is 0.303 e. The maximum absolute atomic E-state index is 14.5. The molecule has 0 unspecified atom stereocenters. The normalized spacial score (nSPS) is 27.7. The highest BCUT2D eigenvalue weighted by Gasteiger charge is 2.50. The molecule has 5 saturated carbocycles. The van der Waals surface area contributed by atoms with E-state index in [1.54, 1.807) is 7.11 Å². The Bertz CT molecular complexity index is 1540. The van der Waals surface area contributed by atoms with E-state index in [2.05, 4.69) is 70.0 Å². The second-order valence-electron chi connectivity index (χ2n) is 14.7. The van der Waals surface area contributed by atoms with E-state index >= 15 is 0 Å². The minimum atomic E-state index is -0.734. The van der Waals surface area contributed by atoms with Crippen LogP contribution >= 0.6 is 0 Å². The van der Waals surface area contributed by atoms with Gasteiger partial charge in [0.05, 0.1) is 19.1 Å². The second kappa shape index (κ2) is 12.0. The number of fused-ring (bicyclic) bond motifs is 3. The zero-order valence-electron chi connectivity index (χ0n) is 26.8. The zero-order valence-corrected chi connectivity index (χ0v) is 26.8. The molecule has 3 aromatic rings. The zero-order chi connectivity index (χ0) is 31.2. The number of aliphatic carboxylic acids is 1. The molecule has 238 valence electrons. The summed E-state index contributed by atoms with van der Waals surface area (Å²) in [5, 5.41) is 9.32. The van der Waals surface area contributed by atoms with Gasteiger partial charge in [0.25, 0.3) is 0 Å². The van der Waals surface area contributed by atoms with Gasteiger partial charge in [-0.3, -0.25) is 9.59 Å². The van der Waals surface area contributed by atoms with E-state index in [0.29, 0.717) is 5.92 Å². The monoisotopic (exact) mass is 609 g/mol. The summed E-state index contributed by atoms with van der Waals surface area (Å²) in [5.41, 5.74) is 6.14. The lowest BCUT2D eigenvalue weighted by molar-refractivity contribution is -0.138. The van der Waals surface area contributed by atoms with Gasteiger partial charge in [-0.25, -0.2) is 4.98 Å². The van der Waals surface area contributed by atoms with Crippen LogP contribution in [0, 0.1) is 24.2 Å². The van der Waals surface area contributed by atoms with Gasteiger partial charge in [-0.15, -0.1) is 0 Å². The Morgan fingerprint density at radius 1 is 0.978 bits per heavy atom. The number of methoxy groups -OCH3 is 1. The first-order valence-corrected chi connectivity index (χ1v) is 17.1. The predicted octanol–water partition coefficient (Wildman–Crippen LogP) is 7.97. The molecular weight excluding hydrogens is 562 g/mol. The molecule has 45 heavy (non-hydrogen) atoms. The fourth-order valence-electron chi connectivity index (χ4n) is 8.75. The summed E-state index contributed by atoms with van der Waals surface area (Å²) in [7, 11) is 1.74. The number of hydrogen-bond acceptors (Lipinski definition) is 4. The molecule has 5 aliphatic carbocycles. The predicted molar refractivity (Wildman–Crippen MR) is 175 cm³/mol. The van der Waals surface area contributed by atoms with Crippen LogP contribution in [-0.2, 0) is 15.0 Å². The summed E-state index contributed by atoms with van der Waals surface area (Å²) in [4.78, 5) is 32.6. The van der Waals surface area contributed by atoms with Gasteiger partial charge < -0.3 is 19.3 Å². The van der Waals surface area contributed by atoms with Gasteiger partial charge in [0.2, 0.25) is 5.91 Å². The number of anilines is 1. The maximum atomic E-state index is 14.5. The van der Waals surface area contributed by atoms with Crippen molar-refractivity contribution in [2.45, 2.75) is 102 Å². The van der Waals surface area contributed by atoms with Crippen molar-refractivity contribution in [3.05, 3.63) is 71.8 Å². The van der Waals surface area contributed by atoms with Crippen LogP contribution in [0.2, 0.25) is 0 Å². The van der Waals surface area contributed by atoms with Crippen LogP contribution in [0.3, 0.4) is 0 Å². The van der Waals surface area contributed by atoms with Gasteiger partial charge >= 0.3 is 5.97 Å². The molecule has 5 fully saturated rings. The number of aromatic nitrogens is 2. The van der Waals surface area contributed by atoms with Crippen LogP contribution in [0.1, 0.15) is 106 Å². The van der Waals surface area contributed by atoms with E-state index in [1.165, 1.54) is 24.0 Å². The molecule has 8 rings (SSSR count). The molecule has 0 saturated heterocycles. The minimum Gasteiger partial charge on any atom is -0.496 e.